The predicted octanol–water partition coefficient (Wildman–Crippen LogP) is 3.21. The lowest BCUT2D eigenvalue weighted by atomic mass is 9.79. The van der Waals surface area contributed by atoms with Crippen LogP contribution in [0.15, 0.2) is 24.3 Å². The van der Waals surface area contributed by atoms with Crippen molar-refractivity contribution in [2.24, 2.45) is 0 Å². The van der Waals surface area contributed by atoms with Gasteiger partial charge in [-0.3, -0.25) is 0 Å². The molecule has 2 atom stereocenters. The summed E-state index contributed by atoms with van der Waals surface area (Å²) in [7, 11) is 0. The van der Waals surface area contributed by atoms with Gasteiger partial charge in [-0.2, -0.15) is 0 Å². The number of carboxylic acid groups (broad SMARTS) is 1. The van der Waals surface area contributed by atoms with Crippen LogP contribution in [0.2, 0.25) is 0 Å². The molecule has 0 aromatic heterocycles. The van der Waals surface area contributed by atoms with E-state index >= 15 is 0 Å². The van der Waals surface area contributed by atoms with Gasteiger partial charge in [0.1, 0.15) is 5.54 Å². The Bertz CT molecular complexity index is 502. The Morgan fingerprint density at radius 3 is 2.85 bits per heavy atom. The van der Waals surface area contributed by atoms with Gasteiger partial charge in [-0.15, -0.1) is 0 Å². The van der Waals surface area contributed by atoms with E-state index in [4.69, 9.17) is 4.74 Å². The SMILES string of the molecule is CCC1(C)CC(Nc2cccc(C)c2)(C(=O)O)CCO1. The molecule has 1 aliphatic heterocycles. The third kappa shape index (κ3) is 2.96. The second-order valence-corrected chi connectivity index (χ2v) is 5.96. The van der Waals surface area contributed by atoms with Crippen LogP contribution in [0.4, 0.5) is 5.69 Å². The standard InChI is InChI=1S/C16H23NO3/c1-4-15(3)11-16(14(18)19,8-9-20-15)17-13-7-5-6-12(2)10-13/h5-7,10,17H,4,8-9,11H2,1-3H3,(H,18,19). The largest absolute Gasteiger partial charge is 0.480 e. The number of hydrogen-bond donors (Lipinski definition) is 2. The van der Waals surface area contributed by atoms with Gasteiger partial charge in [0.2, 0.25) is 0 Å². The highest BCUT2D eigenvalue weighted by atomic mass is 16.5. The summed E-state index contributed by atoms with van der Waals surface area (Å²) in [5.41, 5.74) is 0.637. The summed E-state index contributed by atoms with van der Waals surface area (Å²) >= 11 is 0. The van der Waals surface area contributed by atoms with Crippen molar-refractivity contribution in [1.29, 1.82) is 0 Å². The number of anilines is 1. The van der Waals surface area contributed by atoms with Gasteiger partial charge in [0.05, 0.1) is 12.2 Å². The molecular weight excluding hydrogens is 254 g/mol. The lowest BCUT2D eigenvalue weighted by Crippen LogP contribution is -2.56. The monoisotopic (exact) mass is 277 g/mol. The summed E-state index contributed by atoms with van der Waals surface area (Å²) in [5.74, 6) is -0.804. The number of ether oxygens (including phenoxy) is 1. The van der Waals surface area contributed by atoms with Crippen LogP contribution < -0.4 is 5.32 Å². The Hall–Kier alpha value is -1.55. The highest BCUT2D eigenvalue weighted by Gasteiger charge is 2.47. The van der Waals surface area contributed by atoms with E-state index in [1.807, 2.05) is 45.0 Å². The number of hydrogen-bond acceptors (Lipinski definition) is 3. The molecule has 1 aromatic rings. The third-order valence-corrected chi connectivity index (χ3v) is 4.21. The van der Waals surface area contributed by atoms with E-state index in [2.05, 4.69) is 5.32 Å². The minimum atomic E-state index is -0.948. The summed E-state index contributed by atoms with van der Waals surface area (Å²) in [6, 6.07) is 7.82. The average Bonchev–Trinajstić information content (AvgIpc) is 2.38. The first-order chi connectivity index (χ1) is 9.39. The third-order valence-electron chi connectivity index (χ3n) is 4.21. The normalized spacial score (nSPS) is 29.9. The van der Waals surface area contributed by atoms with E-state index in [1.165, 1.54) is 0 Å². The first-order valence-corrected chi connectivity index (χ1v) is 7.11. The molecule has 0 spiro atoms. The van der Waals surface area contributed by atoms with E-state index in [0.29, 0.717) is 19.4 Å². The Balaban J connectivity index is 2.28. The zero-order chi connectivity index (χ0) is 14.8. The topological polar surface area (TPSA) is 58.6 Å². The van der Waals surface area contributed by atoms with Crippen molar-refractivity contribution < 1.29 is 14.6 Å². The van der Waals surface area contributed by atoms with E-state index in [9.17, 15) is 9.90 Å². The molecule has 2 rings (SSSR count). The molecule has 20 heavy (non-hydrogen) atoms. The molecule has 1 aromatic carbocycles. The van der Waals surface area contributed by atoms with Gasteiger partial charge < -0.3 is 15.2 Å². The average molecular weight is 277 g/mol. The summed E-state index contributed by atoms with van der Waals surface area (Å²) in [6.07, 6.45) is 1.75. The molecule has 0 radical (unpaired) electrons. The van der Waals surface area contributed by atoms with Crippen molar-refractivity contribution in [2.75, 3.05) is 11.9 Å². The lowest BCUT2D eigenvalue weighted by molar-refractivity contribution is -0.154. The van der Waals surface area contributed by atoms with Crippen LogP contribution in [-0.2, 0) is 9.53 Å². The number of nitrogens with one attached hydrogen (secondary N) is 1. The molecule has 4 heteroatoms. The molecular formula is C16H23NO3. The first kappa shape index (κ1) is 14.9. The molecule has 110 valence electrons. The van der Waals surface area contributed by atoms with Crippen molar-refractivity contribution in [3.63, 3.8) is 0 Å². The molecule has 4 nitrogen and oxygen atoms in total. The number of rotatable bonds is 4. The fourth-order valence-corrected chi connectivity index (χ4v) is 2.82. The van der Waals surface area contributed by atoms with Crippen LogP contribution in [0.5, 0.6) is 0 Å². The minimum Gasteiger partial charge on any atom is -0.480 e. The van der Waals surface area contributed by atoms with Gasteiger partial charge in [-0.1, -0.05) is 19.1 Å². The maximum atomic E-state index is 11.9. The Kier molecular flexibility index (Phi) is 4.04. The molecule has 0 aliphatic carbocycles. The summed E-state index contributed by atoms with van der Waals surface area (Å²) in [6.45, 7) is 6.49. The fourth-order valence-electron chi connectivity index (χ4n) is 2.82. The number of benzene rings is 1. The van der Waals surface area contributed by atoms with Crippen LogP contribution in [0.25, 0.3) is 0 Å². The highest BCUT2D eigenvalue weighted by molar-refractivity contribution is 5.83. The smallest absolute Gasteiger partial charge is 0.329 e. The Morgan fingerprint density at radius 1 is 1.50 bits per heavy atom. The second kappa shape index (κ2) is 5.44. The Labute approximate surface area is 120 Å². The molecule has 0 saturated carbocycles. The predicted molar refractivity (Wildman–Crippen MR) is 79.1 cm³/mol. The molecule has 1 aliphatic rings. The fraction of sp³-hybridized carbons (Fsp3) is 0.562. The molecule has 0 bridgehead atoms. The maximum Gasteiger partial charge on any atom is 0.329 e. The van der Waals surface area contributed by atoms with E-state index in [-0.39, 0.29) is 5.60 Å². The van der Waals surface area contributed by atoms with Crippen molar-refractivity contribution in [1.82, 2.24) is 0 Å². The van der Waals surface area contributed by atoms with E-state index in [0.717, 1.165) is 17.7 Å². The van der Waals surface area contributed by atoms with Gasteiger partial charge in [0.25, 0.3) is 0 Å². The molecule has 1 saturated heterocycles. The highest BCUT2D eigenvalue weighted by Crippen LogP contribution is 2.37. The van der Waals surface area contributed by atoms with E-state index in [1.54, 1.807) is 0 Å². The van der Waals surface area contributed by atoms with Crippen LogP contribution in [-0.4, -0.2) is 28.8 Å². The number of carbonyl (C=O) groups is 1. The van der Waals surface area contributed by atoms with Crippen LogP contribution in [0, 0.1) is 6.92 Å². The number of aryl methyl sites for hydroxylation is 1. The van der Waals surface area contributed by atoms with Crippen LogP contribution >= 0.6 is 0 Å². The van der Waals surface area contributed by atoms with Gasteiger partial charge in [-0.05, 0) is 38.0 Å². The Morgan fingerprint density at radius 2 is 2.25 bits per heavy atom. The summed E-state index contributed by atoms with van der Waals surface area (Å²) in [5, 5.41) is 13.0. The van der Waals surface area contributed by atoms with E-state index < -0.39 is 11.5 Å². The maximum absolute atomic E-state index is 11.9. The molecule has 2 N–H and O–H groups in total. The van der Waals surface area contributed by atoms with Crippen LogP contribution in [0.1, 0.15) is 38.7 Å². The zero-order valence-corrected chi connectivity index (χ0v) is 12.4. The van der Waals surface area contributed by atoms with Crippen molar-refractivity contribution in [2.45, 2.75) is 51.2 Å². The quantitative estimate of drug-likeness (QED) is 0.887. The number of carboxylic acids is 1. The zero-order valence-electron chi connectivity index (χ0n) is 12.4. The van der Waals surface area contributed by atoms with Gasteiger partial charge >= 0.3 is 5.97 Å². The lowest BCUT2D eigenvalue weighted by Gasteiger charge is -2.44. The van der Waals surface area contributed by atoms with Gasteiger partial charge in [0.15, 0.2) is 0 Å². The summed E-state index contributed by atoms with van der Waals surface area (Å²) in [4.78, 5) is 11.9. The van der Waals surface area contributed by atoms with Gasteiger partial charge in [-0.25, -0.2) is 4.79 Å². The first-order valence-electron chi connectivity index (χ1n) is 7.11. The van der Waals surface area contributed by atoms with Crippen molar-refractivity contribution in [3.8, 4) is 0 Å². The number of aliphatic carboxylic acids is 1. The van der Waals surface area contributed by atoms with Crippen molar-refractivity contribution in [3.05, 3.63) is 29.8 Å². The molecule has 1 heterocycles. The van der Waals surface area contributed by atoms with Gasteiger partial charge in [0, 0.05) is 18.5 Å². The van der Waals surface area contributed by atoms with Crippen molar-refractivity contribution >= 4 is 11.7 Å². The van der Waals surface area contributed by atoms with Crippen LogP contribution in [0.3, 0.4) is 0 Å². The molecule has 1 fully saturated rings. The second-order valence-electron chi connectivity index (χ2n) is 5.96. The minimum absolute atomic E-state index is 0.381. The molecule has 2 unspecified atom stereocenters. The summed E-state index contributed by atoms with van der Waals surface area (Å²) < 4.78 is 5.78. The molecule has 0 amide bonds.